The van der Waals surface area contributed by atoms with E-state index >= 15 is 0 Å². The van der Waals surface area contributed by atoms with E-state index in [2.05, 4.69) is 4.98 Å². The molecular formula is C13H17NO3. The average Bonchev–Trinajstić information content (AvgIpc) is 2.39. The van der Waals surface area contributed by atoms with Crippen molar-refractivity contribution >= 4 is 5.78 Å². The van der Waals surface area contributed by atoms with Crippen molar-refractivity contribution < 1.29 is 14.3 Å². The van der Waals surface area contributed by atoms with E-state index in [-0.39, 0.29) is 5.78 Å². The Hall–Kier alpha value is -1.42. The molecule has 17 heavy (non-hydrogen) atoms. The van der Waals surface area contributed by atoms with Crippen LogP contribution in [0.15, 0.2) is 18.5 Å². The third-order valence-corrected chi connectivity index (χ3v) is 3.16. The standard InChI is InChI=1S/C13H17NO3/c1-13(5-3-4-6-17-13)12(15)10-7-11(16-2)9-14-8-10/h7-9H,3-6H2,1-2H3. The Bertz CT molecular complexity index is 411. The summed E-state index contributed by atoms with van der Waals surface area (Å²) in [6.45, 7) is 2.51. The van der Waals surface area contributed by atoms with Gasteiger partial charge < -0.3 is 9.47 Å². The van der Waals surface area contributed by atoms with E-state index in [0.29, 0.717) is 17.9 Å². The highest BCUT2D eigenvalue weighted by atomic mass is 16.5. The van der Waals surface area contributed by atoms with Gasteiger partial charge in [-0.05, 0) is 32.3 Å². The Morgan fingerprint density at radius 3 is 2.94 bits per heavy atom. The van der Waals surface area contributed by atoms with Gasteiger partial charge in [-0.2, -0.15) is 0 Å². The summed E-state index contributed by atoms with van der Waals surface area (Å²) in [7, 11) is 1.56. The minimum absolute atomic E-state index is 0.0106. The fourth-order valence-corrected chi connectivity index (χ4v) is 2.07. The first kappa shape index (κ1) is 12.0. The first-order valence-electron chi connectivity index (χ1n) is 5.83. The lowest BCUT2D eigenvalue weighted by Gasteiger charge is -2.32. The number of ketones is 1. The SMILES string of the molecule is COc1cncc(C(=O)C2(C)CCCCO2)c1. The van der Waals surface area contributed by atoms with E-state index < -0.39 is 5.60 Å². The molecule has 1 aromatic rings. The van der Waals surface area contributed by atoms with Crippen LogP contribution in [0.1, 0.15) is 36.5 Å². The van der Waals surface area contributed by atoms with Crippen LogP contribution in [0.3, 0.4) is 0 Å². The summed E-state index contributed by atoms with van der Waals surface area (Å²) in [5.74, 6) is 0.582. The van der Waals surface area contributed by atoms with Crippen LogP contribution in [-0.2, 0) is 4.74 Å². The van der Waals surface area contributed by atoms with E-state index in [0.717, 1.165) is 19.3 Å². The Kier molecular flexibility index (Phi) is 3.43. The van der Waals surface area contributed by atoms with Gasteiger partial charge in [0.15, 0.2) is 5.78 Å². The van der Waals surface area contributed by atoms with Crippen LogP contribution in [0.2, 0.25) is 0 Å². The van der Waals surface area contributed by atoms with E-state index in [1.807, 2.05) is 6.92 Å². The predicted octanol–water partition coefficient (Wildman–Crippen LogP) is 2.23. The van der Waals surface area contributed by atoms with E-state index in [9.17, 15) is 4.79 Å². The second kappa shape index (κ2) is 4.84. The Labute approximate surface area is 101 Å². The lowest BCUT2D eigenvalue weighted by molar-refractivity contribution is -0.0426. The topological polar surface area (TPSA) is 48.4 Å². The van der Waals surface area contributed by atoms with Crippen LogP contribution in [0.4, 0.5) is 0 Å². The van der Waals surface area contributed by atoms with Crippen LogP contribution in [0.25, 0.3) is 0 Å². The highest BCUT2D eigenvalue weighted by Crippen LogP contribution is 2.28. The predicted molar refractivity (Wildman–Crippen MR) is 63.3 cm³/mol. The maximum absolute atomic E-state index is 12.4. The molecule has 2 heterocycles. The summed E-state index contributed by atoms with van der Waals surface area (Å²) in [6, 6.07) is 1.71. The number of rotatable bonds is 3. The molecule has 2 rings (SSSR count). The van der Waals surface area contributed by atoms with Gasteiger partial charge in [0.25, 0.3) is 0 Å². The summed E-state index contributed by atoms with van der Waals surface area (Å²) >= 11 is 0. The van der Waals surface area contributed by atoms with Gasteiger partial charge in [0, 0.05) is 18.4 Å². The van der Waals surface area contributed by atoms with Gasteiger partial charge in [-0.1, -0.05) is 0 Å². The van der Waals surface area contributed by atoms with Gasteiger partial charge in [0.2, 0.25) is 0 Å². The van der Waals surface area contributed by atoms with Crippen molar-refractivity contribution in [2.24, 2.45) is 0 Å². The molecule has 0 aromatic carbocycles. The third-order valence-electron chi connectivity index (χ3n) is 3.16. The molecule has 92 valence electrons. The van der Waals surface area contributed by atoms with Crippen LogP contribution in [-0.4, -0.2) is 30.1 Å². The quantitative estimate of drug-likeness (QED) is 0.754. The fourth-order valence-electron chi connectivity index (χ4n) is 2.07. The maximum Gasteiger partial charge on any atom is 0.196 e. The third kappa shape index (κ3) is 2.47. The number of hydrogen-bond donors (Lipinski definition) is 0. The van der Waals surface area contributed by atoms with Crippen LogP contribution < -0.4 is 4.74 Å². The Balaban J connectivity index is 2.23. The first-order valence-corrected chi connectivity index (χ1v) is 5.83. The molecule has 1 fully saturated rings. The molecule has 0 amide bonds. The number of aromatic nitrogens is 1. The lowest BCUT2D eigenvalue weighted by Crippen LogP contribution is -2.41. The number of pyridine rings is 1. The molecule has 0 aliphatic carbocycles. The molecule has 4 heteroatoms. The minimum Gasteiger partial charge on any atom is -0.495 e. The van der Waals surface area contributed by atoms with Crippen molar-refractivity contribution in [3.8, 4) is 5.75 Å². The molecule has 1 atom stereocenters. The molecule has 1 aliphatic rings. The number of carbonyl (C=O) groups is 1. The molecule has 0 N–H and O–H groups in total. The highest BCUT2D eigenvalue weighted by Gasteiger charge is 2.36. The first-order chi connectivity index (χ1) is 8.15. The monoisotopic (exact) mass is 235 g/mol. The highest BCUT2D eigenvalue weighted by molar-refractivity contribution is 6.02. The maximum atomic E-state index is 12.4. The van der Waals surface area contributed by atoms with Crippen molar-refractivity contribution in [1.82, 2.24) is 4.98 Å². The van der Waals surface area contributed by atoms with Crippen LogP contribution in [0.5, 0.6) is 5.75 Å². The van der Waals surface area contributed by atoms with Crippen molar-refractivity contribution in [3.63, 3.8) is 0 Å². The molecule has 0 spiro atoms. The molecule has 1 aliphatic heterocycles. The molecule has 0 radical (unpaired) electrons. The normalized spacial score (nSPS) is 24.4. The largest absolute Gasteiger partial charge is 0.495 e. The molecule has 0 bridgehead atoms. The van der Waals surface area contributed by atoms with Crippen LogP contribution >= 0.6 is 0 Å². The number of nitrogens with zero attached hydrogens (tertiary/aromatic N) is 1. The number of methoxy groups -OCH3 is 1. The summed E-state index contributed by atoms with van der Waals surface area (Å²) in [4.78, 5) is 16.4. The summed E-state index contributed by atoms with van der Waals surface area (Å²) in [5.41, 5.74) is -0.152. The average molecular weight is 235 g/mol. The van der Waals surface area contributed by atoms with Crippen molar-refractivity contribution in [2.75, 3.05) is 13.7 Å². The zero-order chi connectivity index (χ0) is 12.3. The van der Waals surface area contributed by atoms with Gasteiger partial charge in [-0.3, -0.25) is 9.78 Å². The summed E-state index contributed by atoms with van der Waals surface area (Å²) in [6.07, 6.45) is 5.97. The minimum atomic E-state index is -0.702. The zero-order valence-corrected chi connectivity index (χ0v) is 10.2. The number of Topliss-reactive ketones (excluding diaryl/α,β-unsaturated/α-hetero) is 1. The molecule has 4 nitrogen and oxygen atoms in total. The molecule has 1 aromatic heterocycles. The fraction of sp³-hybridized carbons (Fsp3) is 0.538. The summed E-state index contributed by atoms with van der Waals surface area (Å²) < 4.78 is 10.7. The zero-order valence-electron chi connectivity index (χ0n) is 10.2. The number of hydrogen-bond acceptors (Lipinski definition) is 4. The number of carbonyl (C=O) groups excluding carboxylic acids is 1. The Morgan fingerprint density at radius 2 is 2.29 bits per heavy atom. The second-order valence-electron chi connectivity index (χ2n) is 4.48. The van der Waals surface area contributed by atoms with Gasteiger partial charge in [-0.15, -0.1) is 0 Å². The Morgan fingerprint density at radius 1 is 1.47 bits per heavy atom. The molecule has 0 saturated carbocycles. The molecular weight excluding hydrogens is 218 g/mol. The van der Waals surface area contributed by atoms with Crippen molar-refractivity contribution in [1.29, 1.82) is 0 Å². The lowest BCUT2D eigenvalue weighted by atomic mass is 9.88. The van der Waals surface area contributed by atoms with Crippen molar-refractivity contribution in [3.05, 3.63) is 24.0 Å². The van der Waals surface area contributed by atoms with E-state index in [4.69, 9.17) is 9.47 Å². The number of ether oxygens (including phenoxy) is 2. The smallest absolute Gasteiger partial charge is 0.196 e. The van der Waals surface area contributed by atoms with E-state index in [1.54, 1.807) is 25.6 Å². The van der Waals surface area contributed by atoms with Gasteiger partial charge in [0.1, 0.15) is 11.4 Å². The van der Waals surface area contributed by atoms with E-state index in [1.165, 1.54) is 0 Å². The van der Waals surface area contributed by atoms with Gasteiger partial charge >= 0.3 is 0 Å². The van der Waals surface area contributed by atoms with Crippen LogP contribution in [0, 0.1) is 0 Å². The molecule has 1 saturated heterocycles. The van der Waals surface area contributed by atoms with Gasteiger partial charge in [-0.25, -0.2) is 0 Å². The summed E-state index contributed by atoms with van der Waals surface area (Å²) in [5, 5.41) is 0. The second-order valence-corrected chi connectivity index (χ2v) is 4.48. The van der Waals surface area contributed by atoms with Gasteiger partial charge in [0.05, 0.1) is 13.3 Å². The molecule has 1 unspecified atom stereocenters. The van der Waals surface area contributed by atoms with Crippen molar-refractivity contribution in [2.45, 2.75) is 31.8 Å².